The van der Waals surface area contributed by atoms with Crippen molar-refractivity contribution in [2.24, 2.45) is 0 Å². The van der Waals surface area contributed by atoms with Gasteiger partial charge in [-0.2, -0.15) is 0 Å². The highest BCUT2D eigenvalue weighted by atomic mass is 19.1. The van der Waals surface area contributed by atoms with Crippen molar-refractivity contribution >= 4 is 0 Å². The maximum absolute atomic E-state index is 13.9. The maximum Gasteiger partial charge on any atom is 0.165 e. The summed E-state index contributed by atoms with van der Waals surface area (Å²) < 4.78 is 19.1. The maximum atomic E-state index is 13.9. The molecule has 0 radical (unpaired) electrons. The minimum Gasteiger partial charge on any atom is -0.493 e. The molecule has 0 amide bonds. The van der Waals surface area contributed by atoms with Gasteiger partial charge in [-0.1, -0.05) is 12.1 Å². The second-order valence-corrected chi connectivity index (χ2v) is 5.03. The molecule has 2 N–H and O–H groups in total. The minimum absolute atomic E-state index is 0.0925. The molecule has 1 aliphatic rings. The molecule has 1 atom stereocenters. The summed E-state index contributed by atoms with van der Waals surface area (Å²) in [7, 11) is 1.50. The van der Waals surface area contributed by atoms with Crippen molar-refractivity contribution in [3.05, 3.63) is 29.6 Å². The molecule has 1 heterocycles. The first-order valence-electron chi connectivity index (χ1n) is 7.16. The summed E-state index contributed by atoms with van der Waals surface area (Å²) in [5.41, 5.74) is 0.878. The van der Waals surface area contributed by atoms with Gasteiger partial charge >= 0.3 is 0 Å². The number of rotatable bonds is 6. The third-order valence-corrected chi connectivity index (χ3v) is 3.79. The van der Waals surface area contributed by atoms with E-state index < -0.39 is 0 Å². The number of ether oxygens (including phenoxy) is 1. The van der Waals surface area contributed by atoms with Gasteiger partial charge in [0.2, 0.25) is 0 Å². The van der Waals surface area contributed by atoms with Crippen molar-refractivity contribution in [3.8, 4) is 5.75 Å². The first kappa shape index (κ1) is 15.2. The zero-order chi connectivity index (χ0) is 14.4. The summed E-state index contributed by atoms with van der Waals surface area (Å²) in [6.07, 6.45) is 1.50. The monoisotopic (exact) mass is 282 g/mol. The Kier molecular flexibility index (Phi) is 5.76. The van der Waals surface area contributed by atoms with Gasteiger partial charge in [-0.25, -0.2) is 4.39 Å². The summed E-state index contributed by atoms with van der Waals surface area (Å²) in [5.74, 6) is 0.00288. The largest absolute Gasteiger partial charge is 0.493 e. The molecule has 4 nitrogen and oxygen atoms in total. The molecule has 0 aliphatic carbocycles. The Morgan fingerprint density at radius 3 is 2.80 bits per heavy atom. The highest BCUT2D eigenvalue weighted by molar-refractivity contribution is 5.37. The third kappa shape index (κ3) is 3.48. The van der Waals surface area contributed by atoms with E-state index >= 15 is 0 Å². The number of aliphatic hydroxyl groups is 1. The predicted octanol–water partition coefficient (Wildman–Crippen LogP) is 1.55. The van der Waals surface area contributed by atoms with E-state index in [0.29, 0.717) is 12.2 Å². The number of nitrogens with zero attached hydrogens (tertiary/aromatic N) is 1. The Hall–Kier alpha value is -1.17. The lowest BCUT2D eigenvalue weighted by atomic mass is 9.98. The minimum atomic E-state index is -0.325. The van der Waals surface area contributed by atoms with Gasteiger partial charge in [0.1, 0.15) is 0 Å². The Bertz CT molecular complexity index is 422. The van der Waals surface area contributed by atoms with Crippen LogP contribution in [0.2, 0.25) is 0 Å². The number of hydrogen-bond donors (Lipinski definition) is 2. The molecule has 20 heavy (non-hydrogen) atoms. The quantitative estimate of drug-likeness (QED) is 0.831. The number of nitrogens with one attached hydrogen (secondary N) is 1. The Morgan fingerprint density at radius 1 is 1.40 bits per heavy atom. The molecule has 1 aromatic carbocycles. The van der Waals surface area contributed by atoms with Crippen LogP contribution < -0.4 is 10.1 Å². The number of methoxy groups -OCH3 is 1. The van der Waals surface area contributed by atoms with E-state index in [-0.39, 0.29) is 18.5 Å². The first-order chi connectivity index (χ1) is 9.77. The van der Waals surface area contributed by atoms with Crippen LogP contribution >= 0.6 is 0 Å². The molecule has 0 saturated carbocycles. The smallest absolute Gasteiger partial charge is 0.165 e. The lowest BCUT2D eigenvalue weighted by molar-refractivity contribution is 0.151. The number of halogens is 1. The average Bonchev–Trinajstić information content (AvgIpc) is 2.49. The number of piperazine rings is 1. The predicted molar refractivity (Wildman–Crippen MR) is 76.5 cm³/mol. The lowest BCUT2D eigenvalue weighted by Crippen LogP contribution is -2.45. The fourth-order valence-electron chi connectivity index (χ4n) is 2.82. The van der Waals surface area contributed by atoms with Crippen LogP contribution in [0.5, 0.6) is 5.75 Å². The van der Waals surface area contributed by atoms with Crippen LogP contribution in [0.4, 0.5) is 4.39 Å². The molecule has 5 heteroatoms. The molecule has 0 aromatic heterocycles. The van der Waals surface area contributed by atoms with E-state index in [2.05, 4.69) is 10.2 Å². The molecule has 0 spiro atoms. The summed E-state index contributed by atoms with van der Waals surface area (Å²) >= 11 is 0. The fourth-order valence-corrected chi connectivity index (χ4v) is 2.82. The SMILES string of the molecule is COc1c(F)cccc1[C@H](CCCO)N1CCNCC1. The average molecular weight is 282 g/mol. The van der Waals surface area contributed by atoms with E-state index in [9.17, 15) is 4.39 Å². The number of benzene rings is 1. The first-order valence-corrected chi connectivity index (χ1v) is 7.16. The van der Waals surface area contributed by atoms with Crippen LogP contribution in [0.3, 0.4) is 0 Å². The van der Waals surface area contributed by atoms with E-state index in [0.717, 1.165) is 38.2 Å². The van der Waals surface area contributed by atoms with Crippen LogP contribution in [0.1, 0.15) is 24.4 Å². The molecule has 2 rings (SSSR count). The van der Waals surface area contributed by atoms with Crippen molar-refractivity contribution in [3.63, 3.8) is 0 Å². The molecule has 1 saturated heterocycles. The van der Waals surface area contributed by atoms with E-state index in [1.54, 1.807) is 6.07 Å². The Morgan fingerprint density at radius 2 is 2.15 bits per heavy atom. The van der Waals surface area contributed by atoms with Crippen molar-refractivity contribution < 1.29 is 14.2 Å². The molecule has 112 valence electrons. The standard InChI is InChI=1S/C15H23FN2O2/c1-20-15-12(4-2-5-13(15)16)14(6-3-11-19)18-9-7-17-8-10-18/h2,4-5,14,17,19H,3,6-11H2,1H3/t14-/m0/s1. The van der Waals surface area contributed by atoms with Crippen LogP contribution in [-0.2, 0) is 0 Å². The second kappa shape index (κ2) is 7.57. The molecular formula is C15H23FN2O2. The molecule has 1 aromatic rings. The van der Waals surface area contributed by atoms with Gasteiger partial charge < -0.3 is 15.2 Å². The van der Waals surface area contributed by atoms with Gasteiger partial charge in [0, 0.05) is 44.4 Å². The lowest BCUT2D eigenvalue weighted by Gasteiger charge is -2.35. The van der Waals surface area contributed by atoms with E-state index in [1.807, 2.05) is 6.07 Å². The van der Waals surface area contributed by atoms with Gasteiger partial charge in [0.25, 0.3) is 0 Å². The highest BCUT2D eigenvalue weighted by Crippen LogP contribution is 2.34. The van der Waals surface area contributed by atoms with Gasteiger partial charge in [0.15, 0.2) is 11.6 Å². The van der Waals surface area contributed by atoms with Crippen molar-refractivity contribution in [2.75, 3.05) is 39.9 Å². The molecule has 0 unspecified atom stereocenters. The zero-order valence-corrected chi connectivity index (χ0v) is 11.9. The third-order valence-electron chi connectivity index (χ3n) is 3.79. The van der Waals surface area contributed by atoms with Gasteiger partial charge in [-0.05, 0) is 18.9 Å². The Balaban J connectivity index is 2.27. The molecule has 1 aliphatic heterocycles. The van der Waals surface area contributed by atoms with Crippen LogP contribution in [0.15, 0.2) is 18.2 Å². The number of para-hydroxylation sites is 1. The van der Waals surface area contributed by atoms with Crippen molar-refractivity contribution in [2.45, 2.75) is 18.9 Å². The van der Waals surface area contributed by atoms with Crippen LogP contribution in [-0.4, -0.2) is 49.9 Å². The molecule has 1 fully saturated rings. The summed E-state index contributed by atoms with van der Waals surface area (Å²) in [4.78, 5) is 2.34. The van der Waals surface area contributed by atoms with Crippen molar-refractivity contribution in [1.29, 1.82) is 0 Å². The van der Waals surface area contributed by atoms with Crippen molar-refractivity contribution in [1.82, 2.24) is 10.2 Å². The van der Waals surface area contributed by atoms with Crippen LogP contribution in [0, 0.1) is 5.82 Å². The van der Waals surface area contributed by atoms with Gasteiger partial charge in [-0.3, -0.25) is 4.90 Å². The zero-order valence-electron chi connectivity index (χ0n) is 11.9. The number of aliphatic hydroxyl groups excluding tert-OH is 1. The van der Waals surface area contributed by atoms with Gasteiger partial charge in [0.05, 0.1) is 7.11 Å². The fraction of sp³-hybridized carbons (Fsp3) is 0.600. The van der Waals surface area contributed by atoms with E-state index in [4.69, 9.17) is 9.84 Å². The summed E-state index contributed by atoms with van der Waals surface area (Å²) in [5, 5.41) is 12.4. The summed E-state index contributed by atoms with van der Waals surface area (Å²) in [6, 6.07) is 5.16. The van der Waals surface area contributed by atoms with Gasteiger partial charge in [-0.15, -0.1) is 0 Å². The van der Waals surface area contributed by atoms with E-state index in [1.165, 1.54) is 13.2 Å². The molecular weight excluding hydrogens is 259 g/mol. The second-order valence-electron chi connectivity index (χ2n) is 5.03. The molecule has 0 bridgehead atoms. The Labute approximate surface area is 119 Å². The van der Waals surface area contributed by atoms with Crippen LogP contribution in [0.25, 0.3) is 0 Å². The highest BCUT2D eigenvalue weighted by Gasteiger charge is 2.25. The normalized spacial score (nSPS) is 17.9. The number of hydrogen-bond acceptors (Lipinski definition) is 4. The summed E-state index contributed by atoms with van der Waals surface area (Å²) in [6.45, 7) is 3.88. The topological polar surface area (TPSA) is 44.7 Å².